The lowest BCUT2D eigenvalue weighted by molar-refractivity contribution is 0.195. The van der Waals surface area contributed by atoms with Crippen LogP contribution in [0.5, 0.6) is 17.5 Å². The molecule has 1 aromatic heterocycles. The Bertz CT molecular complexity index is 892. The Morgan fingerprint density at radius 1 is 0.758 bits per heavy atom. The predicted octanol–water partition coefficient (Wildman–Crippen LogP) is 5.51. The van der Waals surface area contributed by atoms with Gasteiger partial charge in [-0.3, -0.25) is 13.7 Å². The van der Waals surface area contributed by atoms with E-state index in [1.165, 1.54) is 16.7 Å². The van der Waals surface area contributed by atoms with E-state index in [9.17, 15) is 19.3 Å². The highest BCUT2D eigenvalue weighted by Gasteiger charge is 2.51. The molecular formula is C21H33NO9P2. The molecule has 2 rings (SSSR count). The fraction of sp³-hybridized carbons (Fsp3) is 0.524. The van der Waals surface area contributed by atoms with Gasteiger partial charge < -0.3 is 33.0 Å². The first-order valence-corrected chi connectivity index (χ1v) is 14.0. The van der Waals surface area contributed by atoms with Gasteiger partial charge in [0.05, 0.1) is 33.0 Å². The molecule has 2 aromatic rings. The van der Waals surface area contributed by atoms with Gasteiger partial charge in [-0.15, -0.1) is 0 Å². The van der Waals surface area contributed by atoms with Crippen LogP contribution in [0.1, 0.15) is 38.7 Å². The van der Waals surface area contributed by atoms with Crippen molar-refractivity contribution in [2.75, 3.05) is 33.0 Å². The van der Waals surface area contributed by atoms with Crippen LogP contribution in [0, 0.1) is 0 Å². The van der Waals surface area contributed by atoms with Gasteiger partial charge in [-0.1, -0.05) is 12.1 Å². The first-order chi connectivity index (χ1) is 15.7. The van der Waals surface area contributed by atoms with Gasteiger partial charge in [0.25, 0.3) is 0 Å². The summed E-state index contributed by atoms with van der Waals surface area (Å²) in [6.07, 6.45) is 0. The van der Waals surface area contributed by atoms with E-state index in [1.54, 1.807) is 52.0 Å². The number of ether oxygens (including phenoxy) is 1. The predicted molar refractivity (Wildman–Crippen MR) is 124 cm³/mol. The molecule has 0 aliphatic heterocycles. The summed E-state index contributed by atoms with van der Waals surface area (Å²) in [7, 11) is -7.85. The van der Waals surface area contributed by atoms with Crippen molar-refractivity contribution in [1.82, 2.24) is 4.57 Å². The number of hydrogen-bond donors (Lipinski definition) is 2. The van der Waals surface area contributed by atoms with Crippen molar-refractivity contribution in [3.05, 3.63) is 42.0 Å². The maximum atomic E-state index is 13.7. The third-order valence-corrected chi connectivity index (χ3v) is 10.5. The molecule has 1 heterocycles. The fourth-order valence-electron chi connectivity index (χ4n) is 3.28. The zero-order chi connectivity index (χ0) is 24.5. The summed E-state index contributed by atoms with van der Waals surface area (Å²) in [5.41, 5.74) is 0.401. The van der Waals surface area contributed by atoms with Crippen molar-refractivity contribution in [1.29, 1.82) is 0 Å². The first kappa shape index (κ1) is 27.4. The Balaban J connectivity index is 2.31. The van der Waals surface area contributed by atoms with Crippen molar-refractivity contribution in [2.24, 2.45) is 0 Å². The van der Waals surface area contributed by atoms with E-state index >= 15 is 0 Å². The summed E-state index contributed by atoms with van der Waals surface area (Å²) < 4.78 is 56.4. The van der Waals surface area contributed by atoms with Crippen LogP contribution in [0.4, 0.5) is 0 Å². The summed E-state index contributed by atoms with van der Waals surface area (Å²) >= 11 is 0. The maximum Gasteiger partial charge on any atom is 0.350 e. The number of rotatable bonds is 15. The monoisotopic (exact) mass is 505 g/mol. The van der Waals surface area contributed by atoms with Gasteiger partial charge in [0.2, 0.25) is 0 Å². The van der Waals surface area contributed by atoms with Crippen molar-refractivity contribution >= 4 is 15.2 Å². The van der Waals surface area contributed by atoms with Crippen LogP contribution in [0.25, 0.3) is 0 Å². The van der Waals surface area contributed by atoms with Crippen molar-refractivity contribution in [3.8, 4) is 17.5 Å². The van der Waals surface area contributed by atoms with Gasteiger partial charge in [-0.25, -0.2) is 0 Å². The van der Waals surface area contributed by atoms with E-state index in [-0.39, 0.29) is 51.3 Å². The van der Waals surface area contributed by atoms with Gasteiger partial charge >= 0.3 is 15.2 Å². The third kappa shape index (κ3) is 6.85. The van der Waals surface area contributed by atoms with Crippen molar-refractivity contribution in [2.45, 2.75) is 39.6 Å². The Kier molecular flexibility index (Phi) is 10.5. The minimum atomic E-state index is -3.93. The van der Waals surface area contributed by atoms with Gasteiger partial charge in [0.15, 0.2) is 17.2 Å². The summed E-state index contributed by atoms with van der Waals surface area (Å²) in [5, 5.41) is 18.1. The summed E-state index contributed by atoms with van der Waals surface area (Å²) in [4.78, 5) is 0. The zero-order valence-electron chi connectivity index (χ0n) is 19.4. The lowest BCUT2D eigenvalue weighted by Gasteiger charge is -2.31. The van der Waals surface area contributed by atoms with Gasteiger partial charge in [0, 0.05) is 12.1 Å². The quantitative estimate of drug-likeness (QED) is 0.301. The molecule has 10 nitrogen and oxygen atoms in total. The SMILES string of the molecule is CCOP(=O)(OCC)C(c1ccc(OCCn2c(O)ccc2O)cc1)P(=O)(OCC)OCC. The molecule has 0 spiro atoms. The van der Waals surface area contributed by atoms with E-state index in [1.807, 2.05) is 0 Å². The Morgan fingerprint density at radius 2 is 1.18 bits per heavy atom. The van der Waals surface area contributed by atoms with Crippen LogP contribution in [0.3, 0.4) is 0 Å². The topological polar surface area (TPSA) is 126 Å². The molecule has 0 radical (unpaired) electrons. The molecule has 0 saturated heterocycles. The highest BCUT2D eigenvalue weighted by atomic mass is 31.2. The first-order valence-electron chi connectivity index (χ1n) is 10.8. The average molecular weight is 505 g/mol. The molecule has 0 bridgehead atoms. The highest BCUT2D eigenvalue weighted by molar-refractivity contribution is 7.72. The van der Waals surface area contributed by atoms with Crippen LogP contribution >= 0.6 is 15.2 Å². The van der Waals surface area contributed by atoms with E-state index in [0.717, 1.165) is 0 Å². The Labute approximate surface area is 194 Å². The van der Waals surface area contributed by atoms with E-state index < -0.39 is 20.6 Å². The molecule has 0 aliphatic rings. The van der Waals surface area contributed by atoms with E-state index in [4.69, 9.17) is 22.8 Å². The Hall–Kier alpha value is -1.80. The second-order valence-electron chi connectivity index (χ2n) is 6.74. The van der Waals surface area contributed by atoms with Crippen molar-refractivity contribution < 1.29 is 42.2 Å². The van der Waals surface area contributed by atoms with Gasteiger partial charge in [-0.05, 0) is 45.4 Å². The molecule has 1 aromatic carbocycles. The molecule has 0 atom stereocenters. The normalized spacial score (nSPS) is 12.4. The van der Waals surface area contributed by atoms with Crippen LogP contribution in [-0.2, 0) is 33.8 Å². The summed E-state index contributed by atoms with van der Waals surface area (Å²) in [5.74, 6) is 0.341. The molecule has 0 aliphatic carbocycles. The molecule has 0 unspecified atom stereocenters. The highest BCUT2D eigenvalue weighted by Crippen LogP contribution is 2.78. The maximum absolute atomic E-state index is 13.7. The molecule has 186 valence electrons. The number of hydrogen-bond acceptors (Lipinski definition) is 9. The van der Waals surface area contributed by atoms with Crippen LogP contribution < -0.4 is 4.74 Å². The van der Waals surface area contributed by atoms with E-state index in [0.29, 0.717) is 11.3 Å². The van der Waals surface area contributed by atoms with Crippen molar-refractivity contribution in [3.63, 3.8) is 0 Å². The number of aromatic nitrogens is 1. The Morgan fingerprint density at radius 3 is 1.58 bits per heavy atom. The molecule has 12 heteroatoms. The minimum absolute atomic E-state index is 0.0699. The molecule has 33 heavy (non-hydrogen) atoms. The molecule has 2 N–H and O–H groups in total. The largest absolute Gasteiger partial charge is 0.494 e. The van der Waals surface area contributed by atoms with Crippen LogP contribution in [-0.4, -0.2) is 47.8 Å². The second-order valence-corrected chi connectivity index (χ2v) is 11.4. The molecular weight excluding hydrogens is 472 g/mol. The molecule has 0 fully saturated rings. The van der Waals surface area contributed by atoms with E-state index in [2.05, 4.69) is 0 Å². The lowest BCUT2D eigenvalue weighted by Crippen LogP contribution is -2.12. The summed E-state index contributed by atoms with van der Waals surface area (Å²) in [6, 6.07) is 9.24. The van der Waals surface area contributed by atoms with Crippen LogP contribution in [0.15, 0.2) is 36.4 Å². The summed E-state index contributed by atoms with van der Waals surface area (Å²) in [6.45, 7) is 7.45. The molecule has 0 amide bonds. The lowest BCUT2D eigenvalue weighted by atomic mass is 10.2. The minimum Gasteiger partial charge on any atom is -0.494 e. The average Bonchev–Trinajstić information content (AvgIpc) is 3.07. The standard InChI is InChI=1S/C21H33NO9P2/c1-5-28-32(25,29-6-2)21(33(26,30-7-3)31-8-4)17-9-11-18(12-10-17)27-16-15-22-19(23)13-14-20(22)24/h9-14,21,23-24H,5-8,15-16H2,1-4H3. The third-order valence-electron chi connectivity index (χ3n) is 4.53. The number of nitrogens with zero attached hydrogens (tertiary/aromatic N) is 1. The number of benzene rings is 1. The van der Waals surface area contributed by atoms with Gasteiger partial charge in [-0.2, -0.15) is 0 Å². The van der Waals surface area contributed by atoms with Crippen LogP contribution in [0.2, 0.25) is 0 Å². The number of aromatic hydroxyl groups is 2. The zero-order valence-corrected chi connectivity index (χ0v) is 21.2. The molecule has 0 saturated carbocycles. The van der Waals surface area contributed by atoms with Gasteiger partial charge in [0.1, 0.15) is 12.4 Å². The smallest absolute Gasteiger partial charge is 0.350 e. The second kappa shape index (κ2) is 12.6. The fourth-order valence-corrected chi connectivity index (χ4v) is 8.70.